The van der Waals surface area contributed by atoms with Gasteiger partial charge in [0.1, 0.15) is 23.4 Å². The first-order valence-corrected chi connectivity index (χ1v) is 15.3. The summed E-state index contributed by atoms with van der Waals surface area (Å²) in [6, 6.07) is 9.64. The van der Waals surface area contributed by atoms with Crippen LogP contribution in [0.3, 0.4) is 0 Å². The third kappa shape index (κ3) is 10.5. The van der Waals surface area contributed by atoms with Gasteiger partial charge in [-0.15, -0.1) is 0 Å². The van der Waals surface area contributed by atoms with Gasteiger partial charge >= 0.3 is 6.09 Å². The number of carbonyl (C=O) groups is 3. The highest BCUT2D eigenvalue weighted by molar-refractivity contribution is 6.34. The number of benzene rings is 2. The molecule has 3 unspecified atom stereocenters. The molecule has 0 saturated carbocycles. The Hall–Kier alpha value is -3.26. The average Bonchev–Trinajstić information content (AvgIpc) is 2.91. The zero-order valence-corrected chi connectivity index (χ0v) is 26.9. The van der Waals surface area contributed by atoms with Crippen molar-refractivity contribution in [3.8, 4) is 5.75 Å². The van der Waals surface area contributed by atoms with E-state index in [4.69, 9.17) is 16.3 Å². The van der Waals surface area contributed by atoms with Gasteiger partial charge in [0, 0.05) is 6.54 Å². The molecule has 0 heterocycles. The molecule has 0 fully saturated rings. The van der Waals surface area contributed by atoms with Gasteiger partial charge in [-0.2, -0.15) is 0 Å². The topological polar surface area (TPSA) is 108 Å². The first kappa shape index (κ1) is 34.9. The molecule has 0 saturated heterocycles. The molecule has 0 bridgehead atoms. The van der Waals surface area contributed by atoms with E-state index in [1.165, 1.54) is 17.0 Å². The normalized spacial score (nSPS) is 13.5. The molecular formula is C33H48ClN3O5. The van der Waals surface area contributed by atoms with Crippen LogP contribution >= 0.6 is 11.6 Å². The number of hydrogen-bond donors (Lipinski definition) is 3. The maximum absolute atomic E-state index is 14.4. The van der Waals surface area contributed by atoms with Crippen molar-refractivity contribution in [1.82, 2.24) is 10.2 Å². The predicted octanol–water partition coefficient (Wildman–Crippen LogP) is 7.77. The van der Waals surface area contributed by atoms with Gasteiger partial charge in [0.15, 0.2) is 0 Å². The monoisotopic (exact) mass is 601 g/mol. The van der Waals surface area contributed by atoms with Gasteiger partial charge in [-0.1, -0.05) is 88.7 Å². The zero-order chi connectivity index (χ0) is 31.4. The molecule has 0 aliphatic heterocycles. The maximum Gasteiger partial charge on any atom is 0.408 e. The van der Waals surface area contributed by atoms with E-state index >= 15 is 0 Å². The molecule has 0 radical (unpaired) electrons. The van der Waals surface area contributed by atoms with E-state index in [0.29, 0.717) is 29.1 Å². The van der Waals surface area contributed by atoms with Crippen molar-refractivity contribution in [1.29, 1.82) is 0 Å². The highest BCUT2D eigenvalue weighted by atomic mass is 35.5. The molecular weight excluding hydrogens is 554 g/mol. The van der Waals surface area contributed by atoms with Crippen molar-refractivity contribution in [3.05, 3.63) is 58.6 Å². The molecule has 3 N–H and O–H groups in total. The minimum Gasteiger partial charge on any atom is -0.508 e. The summed E-state index contributed by atoms with van der Waals surface area (Å²) in [5.41, 5.74) is 0.921. The number of anilines is 1. The molecule has 0 spiro atoms. The summed E-state index contributed by atoms with van der Waals surface area (Å²) in [7, 11) is 0. The van der Waals surface area contributed by atoms with Crippen LogP contribution in [0.15, 0.2) is 42.5 Å². The number of hydrogen-bond acceptors (Lipinski definition) is 5. The van der Waals surface area contributed by atoms with E-state index in [0.717, 1.165) is 31.2 Å². The van der Waals surface area contributed by atoms with Crippen molar-refractivity contribution < 1.29 is 24.2 Å². The van der Waals surface area contributed by atoms with Crippen LogP contribution in [-0.2, 0) is 14.3 Å². The molecule has 2 aromatic carbocycles. The summed E-state index contributed by atoms with van der Waals surface area (Å²) >= 11 is 6.45. The number of nitrogens with one attached hydrogen (secondary N) is 2. The fourth-order valence-electron chi connectivity index (χ4n) is 4.70. The highest BCUT2D eigenvalue weighted by Crippen LogP contribution is 2.31. The van der Waals surface area contributed by atoms with E-state index in [9.17, 15) is 19.5 Å². The van der Waals surface area contributed by atoms with Crippen LogP contribution in [0, 0.1) is 12.8 Å². The first-order chi connectivity index (χ1) is 19.8. The standard InChI is InChI=1S/C33H48ClN3O5/c1-8-10-11-12-13-20-37(31(40)28(22(3)9-2)36-32(41)42-33(5,6)7)29(24-17-15-18-25(38)21-24)30(39)35-27-23(4)16-14-19-26(27)34/h14-19,21-22,28-29,38H,8-13,20H2,1-7H3,(H,35,39)(H,36,41). The van der Waals surface area contributed by atoms with Crippen LogP contribution in [0.5, 0.6) is 5.75 Å². The number of alkyl carbamates (subject to hydrolysis) is 1. The second-order valence-electron chi connectivity index (χ2n) is 11.9. The average molecular weight is 602 g/mol. The Bertz CT molecular complexity index is 1180. The Morgan fingerprint density at radius 1 is 1.02 bits per heavy atom. The number of para-hydroxylation sites is 1. The number of unbranched alkanes of at least 4 members (excludes halogenated alkanes) is 4. The van der Waals surface area contributed by atoms with Crippen LogP contribution in [0.25, 0.3) is 0 Å². The number of phenols is 1. The smallest absolute Gasteiger partial charge is 0.408 e. The quantitative estimate of drug-likeness (QED) is 0.192. The molecule has 0 aliphatic carbocycles. The molecule has 232 valence electrons. The largest absolute Gasteiger partial charge is 0.508 e. The lowest BCUT2D eigenvalue weighted by Gasteiger charge is -2.36. The fourth-order valence-corrected chi connectivity index (χ4v) is 4.97. The van der Waals surface area contributed by atoms with Gasteiger partial charge in [0.05, 0.1) is 10.7 Å². The highest BCUT2D eigenvalue weighted by Gasteiger charge is 2.38. The van der Waals surface area contributed by atoms with Crippen LogP contribution < -0.4 is 10.6 Å². The van der Waals surface area contributed by atoms with E-state index in [1.54, 1.807) is 45.0 Å². The van der Waals surface area contributed by atoms with Crippen LogP contribution in [-0.4, -0.2) is 46.1 Å². The third-order valence-electron chi connectivity index (χ3n) is 7.15. The van der Waals surface area contributed by atoms with Crippen molar-refractivity contribution in [3.63, 3.8) is 0 Å². The number of aromatic hydroxyl groups is 1. The number of ether oxygens (including phenoxy) is 1. The lowest BCUT2D eigenvalue weighted by molar-refractivity contribution is -0.142. The van der Waals surface area contributed by atoms with Gasteiger partial charge in [0.2, 0.25) is 5.91 Å². The minimum absolute atomic E-state index is 0.0278. The molecule has 9 heteroatoms. The van der Waals surface area contributed by atoms with Gasteiger partial charge < -0.3 is 25.4 Å². The second-order valence-corrected chi connectivity index (χ2v) is 12.3. The van der Waals surface area contributed by atoms with Crippen molar-refractivity contribution in [2.75, 3.05) is 11.9 Å². The Morgan fingerprint density at radius 2 is 1.69 bits per heavy atom. The number of aryl methyl sites for hydroxylation is 1. The van der Waals surface area contributed by atoms with Crippen molar-refractivity contribution >= 4 is 35.2 Å². The third-order valence-corrected chi connectivity index (χ3v) is 7.47. The number of amides is 3. The Balaban J connectivity index is 2.59. The van der Waals surface area contributed by atoms with Gasteiger partial charge in [-0.25, -0.2) is 4.79 Å². The van der Waals surface area contributed by atoms with E-state index in [2.05, 4.69) is 17.6 Å². The summed E-state index contributed by atoms with van der Waals surface area (Å²) in [6.45, 7) is 13.3. The molecule has 0 aliphatic rings. The molecule has 8 nitrogen and oxygen atoms in total. The Labute approximate surface area is 256 Å². The lowest BCUT2D eigenvalue weighted by atomic mass is 9.95. The molecule has 0 aromatic heterocycles. The summed E-state index contributed by atoms with van der Waals surface area (Å²) in [5, 5.41) is 16.4. The van der Waals surface area contributed by atoms with E-state index in [1.807, 2.05) is 26.8 Å². The van der Waals surface area contributed by atoms with Gasteiger partial charge in [0.25, 0.3) is 5.91 Å². The first-order valence-electron chi connectivity index (χ1n) is 14.9. The Morgan fingerprint density at radius 3 is 2.29 bits per heavy atom. The fraction of sp³-hybridized carbons (Fsp3) is 0.545. The summed E-state index contributed by atoms with van der Waals surface area (Å²) < 4.78 is 5.48. The van der Waals surface area contributed by atoms with Gasteiger partial charge in [-0.05, 0) is 69.4 Å². The lowest BCUT2D eigenvalue weighted by Crippen LogP contribution is -2.55. The summed E-state index contributed by atoms with van der Waals surface area (Å²) in [5.74, 6) is -1.14. The Kier molecular flexibility index (Phi) is 13.6. The maximum atomic E-state index is 14.4. The summed E-state index contributed by atoms with van der Waals surface area (Å²) in [4.78, 5) is 42.9. The van der Waals surface area contributed by atoms with Crippen molar-refractivity contribution in [2.45, 2.75) is 105 Å². The number of halogens is 1. The van der Waals surface area contributed by atoms with E-state index in [-0.39, 0.29) is 18.2 Å². The molecule has 2 aromatic rings. The number of phenolic OH excluding ortho intramolecular Hbond substituents is 1. The molecule has 3 atom stereocenters. The molecule has 42 heavy (non-hydrogen) atoms. The number of rotatable bonds is 14. The van der Waals surface area contributed by atoms with Crippen molar-refractivity contribution in [2.24, 2.45) is 5.92 Å². The number of nitrogens with zero attached hydrogens (tertiary/aromatic N) is 1. The molecule has 3 amide bonds. The molecule has 2 rings (SSSR count). The van der Waals surface area contributed by atoms with Crippen LogP contribution in [0.4, 0.5) is 10.5 Å². The van der Waals surface area contributed by atoms with Gasteiger partial charge in [-0.3, -0.25) is 9.59 Å². The SMILES string of the molecule is CCCCCCCN(C(=O)C(NC(=O)OC(C)(C)C)C(C)CC)C(C(=O)Nc1c(C)cccc1Cl)c1cccc(O)c1. The number of carbonyl (C=O) groups excluding carboxylic acids is 3. The van der Waals surface area contributed by atoms with Crippen LogP contribution in [0.2, 0.25) is 5.02 Å². The van der Waals surface area contributed by atoms with Crippen LogP contribution in [0.1, 0.15) is 97.2 Å². The predicted molar refractivity (Wildman–Crippen MR) is 169 cm³/mol. The zero-order valence-electron chi connectivity index (χ0n) is 26.1. The second kappa shape index (κ2) is 16.4. The minimum atomic E-state index is -1.10. The van der Waals surface area contributed by atoms with E-state index < -0.39 is 35.6 Å². The summed E-state index contributed by atoms with van der Waals surface area (Å²) in [6.07, 6.45) is 4.61.